The molecular weight excluding hydrogens is 352 g/mol. The fourth-order valence-corrected chi connectivity index (χ4v) is 2.90. The van der Waals surface area contributed by atoms with Crippen molar-refractivity contribution in [2.45, 2.75) is 32.2 Å². The molecule has 0 N–H and O–H groups in total. The van der Waals surface area contributed by atoms with E-state index >= 15 is 0 Å². The predicted octanol–water partition coefficient (Wildman–Crippen LogP) is 3.94. The molecule has 142 valence electrons. The molecule has 0 fully saturated rings. The van der Waals surface area contributed by atoms with Crippen molar-refractivity contribution in [1.82, 2.24) is 9.99 Å². The summed E-state index contributed by atoms with van der Waals surface area (Å²) < 4.78 is 5.55. The van der Waals surface area contributed by atoms with E-state index in [0.29, 0.717) is 24.3 Å². The molecule has 1 amide bonds. The van der Waals surface area contributed by atoms with Gasteiger partial charge in [-0.25, -0.2) is 9.99 Å². The molecule has 6 heteroatoms. The van der Waals surface area contributed by atoms with E-state index in [9.17, 15) is 4.79 Å². The first-order valence-corrected chi connectivity index (χ1v) is 9.13. The highest BCUT2D eigenvalue weighted by Crippen LogP contribution is 2.29. The van der Waals surface area contributed by atoms with Crippen LogP contribution >= 0.6 is 0 Å². The van der Waals surface area contributed by atoms with Crippen LogP contribution in [-0.2, 0) is 4.79 Å². The second kappa shape index (κ2) is 8.96. The zero-order chi connectivity index (χ0) is 19.9. The van der Waals surface area contributed by atoms with E-state index in [-0.39, 0.29) is 18.6 Å². The molecular formula is C22H22N4O2. The van der Waals surface area contributed by atoms with E-state index in [0.717, 1.165) is 17.6 Å². The number of pyridine rings is 1. The minimum atomic E-state index is -0.0412. The summed E-state index contributed by atoms with van der Waals surface area (Å²) >= 11 is 0. The molecule has 0 bridgehead atoms. The van der Waals surface area contributed by atoms with Gasteiger partial charge in [0.05, 0.1) is 11.6 Å². The minimum Gasteiger partial charge on any atom is -0.473 e. The topological polar surface area (TPSA) is 78.6 Å². The van der Waals surface area contributed by atoms with Gasteiger partial charge in [0.15, 0.2) is 0 Å². The number of ether oxygens (including phenoxy) is 1. The molecule has 6 nitrogen and oxygen atoms in total. The number of rotatable bonds is 7. The number of benzene rings is 1. The number of hydrazone groups is 1. The van der Waals surface area contributed by atoms with Crippen molar-refractivity contribution in [3.63, 3.8) is 0 Å². The van der Waals surface area contributed by atoms with Crippen LogP contribution in [-0.4, -0.2) is 28.7 Å². The summed E-state index contributed by atoms with van der Waals surface area (Å²) in [5.74, 6) is 0.395. The maximum atomic E-state index is 12.6. The SMILES string of the molecule is C=C(CCC(=O)N1N=CCC1c1ccc(C)cc1)COc1ccc(C#N)cn1. The lowest BCUT2D eigenvalue weighted by molar-refractivity contribution is -0.133. The molecule has 0 spiro atoms. The second-order valence-electron chi connectivity index (χ2n) is 6.73. The monoisotopic (exact) mass is 374 g/mol. The molecule has 1 unspecified atom stereocenters. The van der Waals surface area contributed by atoms with Crippen LogP contribution < -0.4 is 4.74 Å². The maximum Gasteiger partial charge on any atom is 0.243 e. The lowest BCUT2D eigenvalue weighted by Gasteiger charge is -2.22. The lowest BCUT2D eigenvalue weighted by Crippen LogP contribution is -2.27. The van der Waals surface area contributed by atoms with Crippen LogP contribution in [0.5, 0.6) is 5.88 Å². The summed E-state index contributed by atoms with van der Waals surface area (Å²) in [6.07, 6.45) is 4.81. The van der Waals surface area contributed by atoms with Gasteiger partial charge < -0.3 is 4.74 Å². The van der Waals surface area contributed by atoms with Gasteiger partial charge in [0.2, 0.25) is 11.8 Å². The average molecular weight is 374 g/mol. The first-order valence-electron chi connectivity index (χ1n) is 9.13. The zero-order valence-electron chi connectivity index (χ0n) is 15.8. The standard InChI is InChI=1S/C22H22N4O2/c1-16-3-7-19(8-4-16)20-11-12-25-26(20)22(27)10-5-17(2)15-28-21-9-6-18(13-23)14-24-21/h3-4,6-9,12,14,20H,2,5,10-11,15H2,1H3. The summed E-state index contributed by atoms with van der Waals surface area (Å²) in [4.78, 5) is 16.7. The van der Waals surface area contributed by atoms with Crippen LogP contribution in [0.25, 0.3) is 0 Å². The number of nitrogens with zero attached hydrogens (tertiary/aromatic N) is 4. The van der Waals surface area contributed by atoms with Gasteiger partial charge in [-0.2, -0.15) is 10.4 Å². The average Bonchev–Trinajstić information content (AvgIpc) is 3.21. The summed E-state index contributed by atoms with van der Waals surface area (Å²) in [7, 11) is 0. The maximum absolute atomic E-state index is 12.6. The number of nitriles is 1. The summed E-state index contributed by atoms with van der Waals surface area (Å²) in [5, 5.41) is 14.6. The van der Waals surface area contributed by atoms with Crippen LogP contribution in [0.3, 0.4) is 0 Å². The highest BCUT2D eigenvalue weighted by Gasteiger charge is 2.27. The lowest BCUT2D eigenvalue weighted by atomic mass is 10.0. The molecule has 0 saturated carbocycles. The van der Waals surface area contributed by atoms with E-state index in [4.69, 9.17) is 10.00 Å². The first kappa shape index (κ1) is 19.3. The van der Waals surface area contributed by atoms with Crippen molar-refractivity contribution in [2.75, 3.05) is 6.61 Å². The fraction of sp³-hybridized carbons (Fsp3) is 0.273. The second-order valence-corrected chi connectivity index (χ2v) is 6.73. The number of aromatic nitrogens is 1. The molecule has 1 aromatic heterocycles. The largest absolute Gasteiger partial charge is 0.473 e. The Morgan fingerprint density at radius 3 is 2.75 bits per heavy atom. The van der Waals surface area contributed by atoms with Crippen LogP contribution in [0.4, 0.5) is 0 Å². The summed E-state index contributed by atoms with van der Waals surface area (Å²) in [6.45, 7) is 6.29. The minimum absolute atomic E-state index is 0.0306. The van der Waals surface area contributed by atoms with Crippen molar-refractivity contribution in [3.8, 4) is 11.9 Å². The molecule has 1 aliphatic rings. The van der Waals surface area contributed by atoms with Crippen LogP contribution in [0.2, 0.25) is 0 Å². The van der Waals surface area contributed by atoms with E-state index in [1.165, 1.54) is 11.8 Å². The molecule has 1 aliphatic heterocycles. The molecule has 2 heterocycles. The first-order chi connectivity index (χ1) is 13.6. The van der Waals surface area contributed by atoms with Crippen molar-refractivity contribution in [2.24, 2.45) is 5.10 Å². The van der Waals surface area contributed by atoms with E-state index in [1.54, 1.807) is 23.4 Å². The Kier molecular flexibility index (Phi) is 6.18. The van der Waals surface area contributed by atoms with Crippen molar-refractivity contribution in [3.05, 3.63) is 71.4 Å². The third-order valence-corrected chi connectivity index (χ3v) is 4.53. The zero-order valence-corrected chi connectivity index (χ0v) is 15.8. The number of aryl methyl sites for hydroxylation is 1. The predicted molar refractivity (Wildman–Crippen MR) is 107 cm³/mol. The van der Waals surface area contributed by atoms with Gasteiger partial charge in [-0.3, -0.25) is 4.79 Å². The van der Waals surface area contributed by atoms with E-state index in [1.807, 2.05) is 37.3 Å². The van der Waals surface area contributed by atoms with Crippen molar-refractivity contribution < 1.29 is 9.53 Å². The number of hydrogen-bond donors (Lipinski definition) is 0. The van der Waals surface area contributed by atoms with Crippen LogP contribution in [0.15, 0.2) is 59.8 Å². The van der Waals surface area contributed by atoms with Gasteiger partial charge in [0, 0.05) is 31.3 Å². The Morgan fingerprint density at radius 1 is 1.29 bits per heavy atom. The summed E-state index contributed by atoms with van der Waals surface area (Å²) in [5.41, 5.74) is 3.56. The van der Waals surface area contributed by atoms with Gasteiger partial charge >= 0.3 is 0 Å². The van der Waals surface area contributed by atoms with Crippen molar-refractivity contribution in [1.29, 1.82) is 5.26 Å². The number of carbonyl (C=O) groups excluding carboxylic acids is 1. The van der Waals surface area contributed by atoms with Crippen molar-refractivity contribution >= 4 is 12.1 Å². The fourth-order valence-electron chi connectivity index (χ4n) is 2.90. The number of carbonyl (C=O) groups is 1. The third-order valence-electron chi connectivity index (χ3n) is 4.53. The molecule has 1 aromatic carbocycles. The highest BCUT2D eigenvalue weighted by atomic mass is 16.5. The number of hydrogen-bond acceptors (Lipinski definition) is 5. The Morgan fingerprint density at radius 2 is 2.07 bits per heavy atom. The number of amides is 1. The van der Waals surface area contributed by atoms with Crippen LogP contribution in [0, 0.1) is 18.3 Å². The molecule has 0 saturated heterocycles. The van der Waals surface area contributed by atoms with Gasteiger partial charge in [0.25, 0.3) is 0 Å². The summed E-state index contributed by atoms with van der Waals surface area (Å²) in [6, 6.07) is 13.4. The smallest absolute Gasteiger partial charge is 0.243 e. The molecule has 0 aliphatic carbocycles. The van der Waals surface area contributed by atoms with Gasteiger partial charge in [-0.05, 0) is 30.5 Å². The molecule has 2 aromatic rings. The highest BCUT2D eigenvalue weighted by molar-refractivity contribution is 5.80. The third kappa shape index (κ3) is 4.83. The van der Waals surface area contributed by atoms with E-state index < -0.39 is 0 Å². The molecule has 3 rings (SSSR count). The Bertz CT molecular complexity index is 911. The van der Waals surface area contributed by atoms with Gasteiger partial charge in [0.1, 0.15) is 12.7 Å². The Hall–Kier alpha value is -3.46. The normalized spacial score (nSPS) is 15.3. The Balaban J connectivity index is 1.48. The van der Waals surface area contributed by atoms with Gasteiger partial charge in [-0.15, -0.1) is 0 Å². The van der Waals surface area contributed by atoms with Crippen LogP contribution in [0.1, 0.15) is 42.0 Å². The van der Waals surface area contributed by atoms with Gasteiger partial charge in [-0.1, -0.05) is 36.4 Å². The quantitative estimate of drug-likeness (QED) is 0.688. The molecule has 0 radical (unpaired) electrons. The Labute approximate surface area is 164 Å². The van der Waals surface area contributed by atoms with E-state index in [2.05, 4.69) is 16.7 Å². The molecule has 28 heavy (non-hydrogen) atoms. The molecule has 1 atom stereocenters.